The van der Waals surface area contributed by atoms with Crippen molar-refractivity contribution in [3.05, 3.63) is 70.2 Å². The third-order valence-corrected chi connectivity index (χ3v) is 4.87. The van der Waals surface area contributed by atoms with Crippen LogP contribution in [0.4, 0.5) is 4.39 Å². The zero-order valence-corrected chi connectivity index (χ0v) is 12.8. The molecular weight excluding hydrogens is 275 g/mol. The summed E-state index contributed by atoms with van der Waals surface area (Å²) in [5.74, 6) is -0.170. The van der Waals surface area contributed by atoms with E-state index in [1.54, 1.807) is 6.07 Å². The first-order valence-electron chi connectivity index (χ1n) is 7.74. The Bertz CT molecular complexity index is 863. The van der Waals surface area contributed by atoms with Gasteiger partial charge in [-0.3, -0.25) is 0 Å². The standard InChI is InChI=1S/C19H19FN2/c1-11-4-3-5-14(12(11)2)18-19-15(8-9-21-18)16-10-13(20)6-7-17(16)22-19/h3-7,10,18,21-22H,8-9H2,1-2H3. The molecule has 0 saturated carbocycles. The number of H-pyrrole nitrogens is 1. The topological polar surface area (TPSA) is 27.8 Å². The molecule has 0 radical (unpaired) electrons. The van der Waals surface area contributed by atoms with Crippen molar-refractivity contribution in [1.29, 1.82) is 0 Å². The summed E-state index contributed by atoms with van der Waals surface area (Å²) in [6.07, 6.45) is 0.931. The van der Waals surface area contributed by atoms with Crippen molar-refractivity contribution in [1.82, 2.24) is 10.3 Å². The van der Waals surface area contributed by atoms with E-state index in [4.69, 9.17) is 0 Å². The van der Waals surface area contributed by atoms with Crippen LogP contribution in [0.3, 0.4) is 0 Å². The summed E-state index contributed by atoms with van der Waals surface area (Å²) in [7, 11) is 0. The lowest BCUT2D eigenvalue weighted by Gasteiger charge is -2.26. The Balaban J connectivity index is 1.92. The highest BCUT2D eigenvalue weighted by atomic mass is 19.1. The van der Waals surface area contributed by atoms with E-state index in [-0.39, 0.29) is 11.9 Å². The molecule has 3 heteroatoms. The molecule has 2 N–H and O–H groups in total. The SMILES string of the molecule is Cc1cccc(C2NCCc3c2[nH]c2ccc(F)cc32)c1C. The van der Waals surface area contributed by atoms with Gasteiger partial charge < -0.3 is 10.3 Å². The molecule has 0 bridgehead atoms. The van der Waals surface area contributed by atoms with Crippen LogP contribution >= 0.6 is 0 Å². The van der Waals surface area contributed by atoms with Gasteiger partial charge in [0.25, 0.3) is 0 Å². The molecule has 2 aromatic carbocycles. The first kappa shape index (κ1) is 13.5. The normalized spacial score (nSPS) is 17.7. The van der Waals surface area contributed by atoms with Gasteiger partial charge in [0, 0.05) is 23.1 Å². The van der Waals surface area contributed by atoms with Crippen LogP contribution in [0, 0.1) is 19.7 Å². The second-order valence-corrected chi connectivity index (χ2v) is 6.13. The maximum absolute atomic E-state index is 13.6. The minimum absolute atomic E-state index is 0.152. The van der Waals surface area contributed by atoms with Crippen LogP contribution in [0.25, 0.3) is 10.9 Å². The van der Waals surface area contributed by atoms with Gasteiger partial charge in [-0.05, 0) is 60.7 Å². The Hall–Kier alpha value is -2.13. The van der Waals surface area contributed by atoms with Gasteiger partial charge in [-0.2, -0.15) is 0 Å². The molecule has 0 amide bonds. The zero-order chi connectivity index (χ0) is 15.3. The van der Waals surface area contributed by atoms with Gasteiger partial charge in [0.05, 0.1) is 6.04 Å². The molecule has 3 aromatic rings. The van der Waals surface area contributed by atoms with Gasteiger partial charge in [-0.1, -0.05) is 18.2 Å². The fraction of sp³-hybridized carbons (Fsp3) is 0.263. The number of aryl methyl sites for hydroxylation is 1. The molecule has 0 saturated heterocycles. The Morgan fingerprint density at radius 2 is 2.00 bits per heavy atom. The Labute approximate surface area is 129 Å². The lowest BCUT2D eigenvalue weighted by molar-refractivity contribution is 0.558. The first-order chi connectivity index (χ1) is 10.6. The fourth-order valence-corrected chi connectivity index (χ4v) is 3.55. The average molecular weight is 294 g/mol. The van der Waals surface area contributed by atoms with E-state index in [1.165, 1.54) is 34.0 Å². The van der Waals surface area contributed by atoms with Crippen molar-refractivity contribution >= 4 is 10.9 Å². The first-order valence-corrected chi connectivity index (χ1v) is 7.74. The molecule has 22 heavy (non-hydrogen) atoms. The molecule has 0 spiro atoms. The Kier molecular flexibility index (Phi) is 3.05. The summed E-state index contributed by atoms with van der Waals surface area (Å²) in [6, 6.07) is 11.6. The largest absolute Gasteiger partial charge is 0.357 e. The van der Waals surface area contributed by atoms with Gasteiger partial charge in [0.15, 0.2) is 0 Å². The van der Waals surface area contributed by atoms with Crippen molar-refractivity contribution in [2.75, 3.05) is 6.54 Å². The van der Waals surface area contributed by atoms with Gasteiger partial charge in [-0.15, -0.1) is 0 Å². The molecule has 0 aliphatic carbocycles. The van der Waals surface area contributed by atoms with Crippen LogP contribution in [-0.4, -0.2) is 11.5 Å². The lowest BCUT2D eigenvalue weighted by Crippen LogP contribution is -2.31. The number of aromatic nitrogens is 1. The molecule has 1 aromatic heterocycles. The summed E-state index contributed by atoms with van der Waals surface area (Å²) in [4.78, 5) is 3.51. The third kappa shape index (κ3) is 1.97. The van der Waals surface area contributed by atoms with Crippen molar-refractivity contribution in [2.45, 2.75) is 26.3 Å². The molecule has 1 unspecified atom stereocenters. The molecule has 112 valence electrons. The van der Waals surface area contributed by atoms with E-state index in [1.807, 2.05) is 6.07 Å². The molecule has 4 rings (SSSR count). The molecule has 1 atom stereocenters. The monoisotopic (exact) mass is 294 g/mol. The molecule has 2 heterocycles. The number of rotatable bonds is 1. The predicted octanol–water partition coefficient (Wildman–Crippen LogP) is 4.16. The van der Waals surface area contributed by atoms with Crippen LogP contribution in [0.1, 0.15) is 34.0 Å². The smallest absolute Gasteiger partial charge is 0.123 e. The third-order valence-electron chi connectivity index (χ3n) is 4.87. The molecule has 0 fully saturated rings. The maximum Gasteiger partial charge on any atom is 0.123 e. The van der Waals surface area contributed by atoms with Crippen LogP contribution in [0.5, 0.6) is 0 Å². The lowest BCUT2D eigenvalue weighted by atomic mass is 9.90. The summed E-state index contributed by atoms with van der Waals surface area (Å²) in [5.41, 5.74) is 7.37. The quantitative estimate of drug-likeness (QED) is 0.693. The van der Waals surface area contributed by atoms with Gasteiger partial charge in [-0.25, -0.2) is 4.39 Å². The molecule has 1 aliphatic heterocycles. The van der Waals surface area contributed by atoms with Crippen LogP contribution in [0.2, 0.25) is 0 Å². The van der Waals surface area contributed by atoms with Gasteiger partial charge in [0.1, 0.15) is 5.82 Å². The van der Waals surface area contributed by atoms with Gasteiger partial charge in [0.2, 0.25) is 0 Å². The second-order valence-electron chi connectivity index (χ2n) is 6.13. The summed E-state index contributed by atoms with van der Waals surface area (Å²) in [6.45, 7) is 5.22. The summed E-state index contributed by atoms with van der Waals surface area (Å²) < 4.78 is 13.6. The number of aromatic amines is 1. The molecular formula is C19H19FN2. The highest BCUT2D eigenvalue weighted by molar-refractivity contribution is 5.85. The van der Waals surface area contributed by atoms with Crippen LogP contribution < -0.4 is 5.32 Å². The number of nitrogens with one attached hydrogen (secondary N) is 2. The van der Waals surface area contributed by atoms with Crippen molar-refractivity contribution in [3.63, 3.8) is 0 Å². The van der Waals surface area contributed by atoms with Gasteiger partial charge >= 0.3 is 0 Å². The average Bonchev–Trinajstić information content (AvgIpc) is 2.88. The zero-order valence-electron chi connectivity index (χ0n) is 12.8. The highest BCUT2D eigenvalue weighted by Gasteiger charge is 2.26. The van der Waals surface area contributed by atoms with Crippen LogP contribution in [-0.2, 0) is 6.42 Å². The minimum atomic E-state index is -0.170. The number of benzene rings is 2. The van der Waals surface area contributed by atoms with Crippen molar-refractivity contribution in [3.8, 4) is 0 Å². The van der Waals surface area contributed by atoms with E-state index < -0.39 is 0 Å². The van der Waals surface area contributed by atoms with E-state index in [0.717, 1.165) is 23.9 Å². The summed E-state index contributed by atoms with van der Waals surface area (Å²) in [5, 5.41) is 4.63. The number of halogens is 1. The number of fused-ring (bicyclic) bond motifs is 3. The Morgan fingerprint density at radius 1 is 1.14 bits per heavy atom. The predicted molar refractivity (Wildman–Crippen MR) is 87.7 cm³/mol. The van der Waals surface area contributed by atoms with E-state index in [2.05, 4.69) is 42.3 Å². The minimum Gasteiger partial charge on any atom is -0.357 e. The highest BCUT2D eigenvalue weighted by Crippen LogP contribution is 2.35. The number of hydrogen-bond acceptors (Lipinski definition) is 1. The van der Waals surface area contributed by atoms with E-state index in [0.29, 0.717) is 0 Å². The molecule has 1 aliphatic rings. The van der Waals surface area contributed by atoms with Crippen LogP contribution in [0.15, 0.2) is 36.4 Å². The Morgan fingerprint density at radius 3 is 2.86 bits per heavy atom. The van der Waals surface area contributed by atoms with E-state index >= 15 is 0 Å². The second kappa shape index (κ2) is 4.96. The summed E-state index contributed by atoms with van der Waals surface area (Å²) >= 11 is 0. The van der Waals surface area contributed by atoms with Crippen molar-refractivity contribution < 1.29 is 4.39 Å². The number of hydrogen-bond donors (Lipinski definition) is 2. The maximum atomic E-state index is 13.6. The van der Waals surface area contributed by atoms with E-state index in [9.17, 15) is 4.39 Å². The van der Waals surface area contributed by atoms with Crippen molar-refractivity contribution in [2.24, 2.45) is 0 Å². The molecule has 2 nitrogen and oxygen atoms in total. The fourth-order valence-electron chi connectivity index (χ4n) is 3.55.